The normalized spacial score (nSPS) is 13.7. The Bertz CT molecular complexity index is 383. The van der Waals surface area contributed by atoms with Gasteiger partial charge >= 0.3 is 0 Å². The molecule has 0 aliphatic rings. The van der Waals surface area contributed by atoms with Crippen LogP contribution in [-0.2, 0) is 4.79 Å². The highest BCUT2D eigenvalue weighted by atomic mass is 16.3. The first-order valence-corrected chi connectivity index (χ1v) is 4.44. The number of azide groups is 1. The molecule has 0 amide bonds. The van der Waals surface area contributed by atoms with Gasteiger partial charge in [0.05, 0.1) is 6.10 Å². The lowest BCUT2D eigenvalue weighted by Gasteiger charge is -2.15. The Balaban J connectivity index is 2.95. The van der Waals surface area contributed by atoms with Crippen molar-refractivity contribution in [3.8, 4) is 0 Å². The molecule has 0 unspecified atom stereocenters. The van der Waals surface area contributed by atoms with Gasteiger partial charge in [-0.1, -0.05) is 35.4 Å². The van der Waals surface area contributed by atoms with Crippen molar-refractivity contribution in [2.75, 3.05) is 0 Å². The quantitative estimate of drug-likeness (QED) is 0.463. The molecular weight excluding hydrogens is 194 g/mol. The lowest BCUT2D eigenvalue weighted by atomic mass is 10.0. The van der Waals surface area contributed by atoms with Gasteiger partial charge < -0.3 is 5.11 Å². The van der Waals surface area contributed by atoms with Gasteiger partial charge in [0.15, 0.2) is 0 Å². The van der Waals surface area contributed by atoms with Crippen molar-refractivity contribution in [3.05, 3.63) is 46.3 Å². The molecule has 1 rings (SSSR count). The van der Waals surface area contributed by atoms with Crippen LogP contribution in [0.4, 0.5) is 0 Å². The minimum Gasteiger partial charge on any atom is -0.388 e. The number of benzene rings is 1. The number of carbonyl (C=O) groups is 1. The third kappa shape index (κ3) is 2.80. The molecule has 0 aliphatic carbocycles. The van der Waals surface area contributed by atoms with E-state index in [1.807, 2.05) is 0 Å². The Morgan fingerprint density at radius 2 is 2.07 bits per heavy atom. The van der Waals surface area contributed by atoms with Gasteiger partial charge in [-0.2, -0.15) is 0 Å². The average molecular weight is 205 g/mol. The molecule has 0 fully saturated rings. The first-order valence-electron chi connectivity index (χ1n) is 4.44. The fourth-order valence-electron chi connectivity index (χ4n) is 1.25. The predicted octanol–water partition coefficient (Wildman–Crippen LogP) is 1.99. The van der Waals surface area contributed by atoms with E-state index in [0.717, 1.165) is 0 Å². The van der Waals surface area contributed by atoms with Gasteiger partial charge in [0.25, 0.3) is 0 Å². The Morgan fingerprint density at radius 3 is 2.53 bits per heavy atom. The molecule has 0 spiro atoms. The van der Waals surface area contributed by atoms with E-state index in [1.165, 1.54) is 6.92 Å². The smallest absolute Gasteiger partial charge is 0.141 e. The van der Waals surface area contributed by atoms with Gasteiger partial charge in [-0.25, -0.2) is 0 Å². The summed E-state index contributed by atoms with van der Waals surface area (Å²) in [5, 5.41) is 13.1. The molecule has 0 heterocycles. The number of aliphatic hydroxyl groups is 1. The second-order valence-corrected chi connectivity index (χ2v) is 3.12. The summed E-state index contributed by atoms with van der Waals surface area (Å²) in [5.74, 6) is -0.357. The summed E-state index contributed by atoms with van der Waals surface area (Å²) in [6, 6.07) is 7.57. The van der Waals surface area contributed by atoms with Gasteiger partial charge in [0, 0.05) is 4.91 Å². The van der Waals surface area contributed by atoms with Crippen LogP contribution in [0.3, 0.4) is 0 Å². The number of hydrogen-bond acceptors (Lipinski definition) is 3. The highest BCUT2D eigenvalue weighted by Crippen LogP contribution is 2.19. The second-order valence-electron chi connectivity index (χ2n) is 3.12. The minimum atomic E-state index is -1.08. The standard InChI is InChI=1S/C10H11N3O2/c1-7(14)9(12-13-11)10(15)8-5-3-2-4-6-8/h2-6,9-10,15H,1H3/t9-,10+/m1/s1. The number of carbonyl (C=O) groups excluding carboxylic acids is 1. The maximum Gasteiger partial charge on any atom is 0.141 e. The van der Waals surface area contributed by atoms with Gasteiger partial charge in [-0.05, 0) is 18.0 Å². The number of Topliss-reactive ketones (excluding diaryl/α,β-unsaturated/α-hetero) is 1. The third-order valence-electron chi connectivity index (χ3n) is 2.03. The Kier molecular flexibility index (Phi) is 3.85. The van der Waals surface area contributed by atoms with Crippen LogP contribution in [0.15, 0.2) is 35.4 Å². The van der Waals surface area contributed by atoms with E-state index in [1.54, 1.807) is 30.3 Å². The molecular formula is C10H11N3O2. The summed E-state index contributed by atoms with van der Waals surface area (Å²) in [5.41, 5.74) is 8.84. The van der Waals surface area contributed by atoms with Crippen LogP contribution in [0, 0.1) is 0 Å². The SMILES string of the molecule is CC(=O)[C@@H](N=[N+]=[N-])[C@@H](O)c1ccccc1. The van der Waals surface area contributed by atoms with Crippen LogP contribution >= 0.6 is 0 Å². The van der Waals surface area contributed by atoms with Crippen LogP contribution in [0.1, 0.15) is 18.6 Å². The maximum atomic E-state index is 11.1. The fraction of sp³-hybridized carbons (Fsp3) is 0.300. The van der Waals surface area contributed by atoms with Crippen LogP contribution in [0.25, 0.3) is 10.4 Å². The van der Waals surface area contributed by atoms with E-state index in [0.29, 0.717) is 5.56 Å². The van der Waals surface area contributed by atoms with E-state index in [9.17, 15) is 9.90 Å². The molecule has 0 saturated heterocycles. The topological polar surface area (TPSA) is 86.1 Å². The second kappa shape index (κ2) is 5.14. The van der Waals surface area contributed by atoms with Crippen molar-refractivity contribution in [3.63, 3.8) is 0 Å². The van der Waals surface area contributed by atoms with E-state index < -0.39 is 12.1 Å². The number of hydrogen-bond donors (Lipinski definition) is 1. The summed E-state index contributed by atoms with van der Waals surface area (Å²) in [6.07, 6.45) is -1.08. The predicted molar refractivity (Wildman–Crippen MR) is 55.0 cm³/mol. The van der Waals surface area contributed by atoms with Crippen LogP contribution in [0.5, 0.6) is 0 Å². The lowest BCUT2D eigenvalue weighted by molar-refractivity contribution is -0.120. The van der Waals surface area contributed by atoms with Gasteiger partial charge in [0.1, 0.15) is 11.8 Å². The van der Waals surface area contributed by atoms with Crippen molar-refractivity contribution < 1.29 is 9.90 Å². The minimum absolute atomic E-state index is 0.357. The average Bonchev–Trinajstić information content (AvgIpc) is 2.26. The first-order chi connectivity index (χ1) is 7.16. The Morgan fingerprint density at radius 1 is 1.47 bits per heavy atom. The van der Waals surface area contributed by atoms with E-state index >= 15 is 0 Å². The highest BCUT2D eigenvalue weighted by molar-refractivity contribution is 5.82. The molecule has 0 aliphatic heterocycles. The molecule has 0 bridgehead atoms. The summed E-state index contributed by atoms with van der Waals surface area (Å²) in [7, 11) is 0. The third-order valence-corrected chi connectivity index (χ3v) is 2.03. The zero-order chi connectivity index (χ0) is 11.3. The van der Waals surface area contributed by atoms with E-state index in [-0.39, 0.29) is 5.78 Å². The number of aliphatic hydroxyl groups excluding tert-OH is 1. The van der Waals surface area contributed by atoms with Gasteiger partial charge in [-0.15, -0.1) is 0 Å². The molecule has 2 atom stereocenters. The summed E-state index contributed by atoms with van der Waals surface area (Å²) in [6.45, 7) is 1.28. The fourth-order valence-corrected chi connectivity index (χ4v) is 1.25. The number of rotatable bonds is 4. The molecule has 1 aromatic rings. The largest absolute Gasteiger partial charge is 0.388 e. The van der Waals surface area contributed by atoms with Crippen molar-refractivity contribution in [2.45, 2.75) is 19.1 Å². The molecule has 0 radical (unpaired) electrons. The van der Waals surface area contributed by atoms with E-state index in [4.69, 9.17) is 5.53 Å². The summed E-state index contributed by atoms with van der Waals surface area (Å²) < 4.78 is 0. The molecule has 1 aromatic carbocycles. The molecule has 5 heteroatoms. The molecule has 78 valence electrons. The number of nitrogens with zero attached hydrogens (tertiary/aromatic N) is 3. The molecule has 15 heavy (non-hydrogen) atoms. The zero-order valence-corrected chi connectivity index (χ0v) is 8.24. The Labute approximate surface area is 87.0 Å². The molecule has 5 nitrogen and oxygen atoms in total. The monoisotopic (exact) mass is 205 g/mol. The summed E-state index contributed by atoms with van der Waals surface area (Å²) in [4.78, 5) is 13.7. The van der Waals surface area contributed by atoms with Gasteiger partial charge in [-0.3, -0.25) is 4.79 Å². The number of ketones is 1. The first kappa shape index (κ1) is 11.2. The highest BCUT2D eigenvalue weighted by Gasteiger charge is 2.23. The lowest BCUT2D eigenvalue weighted by Crippen LogP contribution is -2.23. The zero-order valence-electron chi connectivity index (χ0n) is 8.24. The van der Waals surface area contributed by atoms with Crippen molar-refractivity contribution in [1.29, 1.82) is 0 Å². The van der Waals surface area contributed by atoms with Crippen molar-refractivity contribution in [2.24, 2.45) is 5.11 Å². The molecule has 0 saturated carbocycles. The molecule has 0 aromatic heterocycles. The van der Waals surface area contributed by atoms with Gasteiger partial charge in [0.2, 0.25) is 0 Å². The maximum absolute atomic E-state index is 11.1. The Hall–Kier alpha value is -1.84. The molecule has 1 N–H and O–H groups in total. The van der Waals surface area contributed by atoms with Crippen LogP contribution in [-0.4, -0.2) is 16.9 Å². The van der Waals surface area contributed by atoms with Crippen LogP contribution in [0.2, 0.25) is 0 Å². The van der Waals surface area contributed by atoms with Crippen LogP contribution < -0.4 is 0 Å². The van der Waals surface area contributed by atoms with Crippen molar-refractivity contribution >= 4 is 5.78 Å². The van der Waals surface area contributed by atoms with E-state index in [2.05, 4.69) is 10.0 Å². The summed E-state index contributed by atoms with van der Waals surface area (Å²) >= 11 is 0. The van der Waals surface area contributed by atoms with Crippen molar-refractivity contribution in [1.82, 2.24) is 0 Å².